The molecule has 1 aromatic carbocycles. The molecule has 1 heterocycles. The zero-order chi connectivity index (χ0) is 20.2. The molecular formula is C20H28N2O5. The zero-order valence-electron chi connectivity index (χ0n) is 15.8. The molecule has 27 heavy (non-hydrogen) atoms. The van der Waals surface area contributed by atoms with E-state index in [0.717, 1.165) is 37.0 Å². The number of H-pyrrole nitrogens is 1. The number of aliphatic carboxylic acids is 2. The first kappa shape index (κ1) is 22.2. The molecule has 2 rings (SSSR count). The van der Waals surface area contributed by atoms with Crippen LogP contribution in [0.15, 0.2) is 36.5 Å². The van der Waals surface area contributed by atoms with Crippen molar-refractivity contribution in [2.75, 3.05) is 19.6 Å². The Kier molecular flexibility index (Phi) is 9.68. The van der Waals surface area contributed by atoms with Crippen LogP contribution in [-0.4, -0.2) is 56.8 Å². The summed E-state index contributed by atoms with van der Waals surface area (Å²) in [6.45, 7) is 7.81. The number of hydrogen-bond acceptors (Lipinski definition) is 4. The predicted octanol–water partition coefficient (Wildman–Crippen LogP) is 3.25. The van der Waals surface area contributed by atoms with Crippen LogP contribution in [0, 0.1) is 0 Å². The van der Waals surface area contributed by atoms with Crippen molar-refractivity contribution >= 4 is 22.8 Å². The number of hydrogen-bond donors (Lipinski definition) is 4. The zero-order valence-corrected chi connectivity index (χ0v) is 15.8. The summed E-state index contributed by atoms with van der Waals surface area (Å²) in [5.41, 5.74) is 2.23. The van der Waals surface area contributed by atoms with Crippen molar-refractivity contribution in [3.05, 3.63) is 42.1 Å². The lowest BCUT2D eigenvalue weighted by Crippen LogP contribution is -2.27. The maximum Gasteiger partial charge on any atom is 0.328 e. The highest BCUT2D eigenvalue weighted by molar-refractivity contribution is 5.90. The summed E-state index contributed by atoms with van der Waals surface area (Å²) in [6.07, 6.45) is 6.51. The number of rotatable bonds is 9. The maximum absolute atomic E-state index is 9.98. The number of nitrogens with zero attached hydrogens (tertiary/aromatic N) is 1. The number of carboxylic acid groups (broad SMARTS) is 2. The Morgan fingerprint density at radius 2 is 1.63 bits per heavy atom. The van der Waals surface area contributed by atoms with Gasteiger partial charge in [0.2, 0.25) is 0 Å². The molecule has 0 aliphatic heterocycles. The predicted molar refractivity (Wildman–Crippen MR) is 105 cm³/mol. The third-order valence-corrected chi connectivity index (χ3v) is 3.91. The molecule has 0 aliphatic carbocycles. The molecule has 0 unspecified atom stereocenters. The van der Waals surface area contributed by atoms with E-state index in [1.807, 2.05) is 18.3 Å². The van der Waals surface area contributed by atoms with E-state index in [9.17, 15) is 14.7 Å². The van der Waals surface area contributed by atoms with Crippen molar-refractivity contribution in [2.45, 2.75) is 33.1 Å². The maximum atomic E-state index is 9.98. The Morgan fingerprint density at radius 1 is 1.04 bits per heavy atom. The lowest BCUT2D eigenvalue weighted by atomic mass is 10.1. The van der Waals surface area contributed by atoms with Gasteiger partial charge in [-0.2, -0.15) is 0 Å². The topological polar surface area (TPSA) is 114 Å². The normalized spacial score (nSPS) is 10.9. The van der Waals surface area contributed by atoms with Gasteiger partial charge in [0.25, 0.3) is 0 Å². The first-order valence-corrected chi connectivity index (χ1v) is 9.03. The van der Waals surface area contributed by atoms with Crippen LogP contribution in [0.2, 0.25) is 0 Å². The van der Waals surface area contributed by atoms with Gasteiger partial charge in [-0.1, -0.05) is 19.9 Å². The van der Waals surface area contributed by atoms with Gasteiger partial charge in [-0.3, -0.25) is 0 Å². The fourth-order valence-corrected chi connectivity index (χ4v) is 2.82. The monoisotopic (exact) mass is 376 g/mol. The Balaban J connectivity index is 0.000000387. The number of fused-ring (bicyclic) bond motifs is 1. The molecule has 0 radical (unpaired) electrons. The van der Waals surface area contributed by atoms with E-state index in [1.165, 1.54) is 18.4 Å². The van der Waals surface area contributed by atoms with E-state index < -0.39 is 11.9 Å². The minimum absolute atomic E-state index is 0.381. The van der Waals surface area contributed by atoms with E-state index in [1.54, 1.807) is 6.07 Å². The highest BCUT2D eigenvalue weighted by atomic mass is 16.4. The number of nitrogens with one attached hydrogen (secondary N) is 1. The van der Waals surface area contributed by atoms with Crippen LogP contribution in [0.4, 0.5) is 0 Å². The summed E-state index contributed by atoms with van der Waals surface area (Å²) >= 11 is 0. The highest BCUT2D eigenvalue weighted by Crippen LogP contribution is 2.27. The minimum atomic E-state index is -1.26. The second-order valence-corrected chi connectivity index (χ2v) is 6.12. The van der Waals surface area contributed by atoms with Gasteiger partial charge in [0.15, 0.2) is 0 Å². The second-order valence-electron chi connectivity index (χ2n) is 6.12. The van der Waals surface area contributed by atoms with Crippen LogP contribution in [0.5, 0.6) is 5.75 Å². The summed E-state index contributed by atoms with van der Waals surface area (Å²) < 4.78 is 0. The van der Waals surface area contributed by atoms with Crippen LogP contribution in [0.3, 0.4) is 0 Å². The van der Waals surface area contributed by atoms with Gasteiger partial charge in [0.1, 0.15) is 5.75 Å². The number of aromatic nitrogens is 1. The number of phenolic OH excluding ortho intramolecular Hbond substituents is 1. The molecule has 0 saturated carbocycles. The van der Waals surface area contributed by atoms with Crippen LogP contribution in [-0.2, 0) is 16.0 Å². The van der Waals surface area contributed by atoms with Crippen LogP contribution in [0.25, 0.3) is 10.9 Å². The Morgan fingerprint density at radius 3 is 2.15 bits per heavy atom. The van der Waals surface area contributed by atoms with Gasteiger partial charge in [-0.15, -0.1) is 0 Å². The number of phenols is 1. The summed E-state index contributed by atoms with van der Waals surface area (Å²) in [6, 6.07) is 5.64. The average Bonchev–Trinajstić information content (AvgIpc) is 3.03. The molecule has 0 spiro atoms. The SMILES string of the molecule is CCCN(CCC)CCc1c[nH]c2cccc(O)c12.O=C(O)/C=C/C(=O)O. The first-order valence-electron chi connectivity index (χ1n) is 9.03. The molecule has 0 bridgehead atoms. The number of aromatic amines is 1. The molecule has 0 saturated heterocycles. The molecule has 0 aliphatic rings. The van der Waals surface area contributed by atoms with Crippen LogP contribution < -0.4 is 0 Å². The van der Waals surface area contributed by atoms with Gasteiger partial charge in [-0.05, 0) is 50.0 Å². The number of carboxylic acids is 2. The smallest absolute Gasteiger partial charge is 0.328 e. The van der Waals surface area contributed by atoms with Crippen molar-refractivity contribution in [1.29, 1.82) is 0 Å². The third kappa shape index (κ3) is 7.96. The van der Waals surface area contributed by atoms with Crippen molar-refractivity contribution in [2.24, 2.45) is 0 Å². The van der Waals surface area contributed by atoms with Crippen molar-refractivity contribution in [3.63, 3.8) is 0 Å². The van der Waals surface area contributed by atoms with Gasteiger partial charge in [0.05, 0.1) is 0 Å². The summed E-state index contributed by atoms with van der Waals surface area (Å²) in [7, 11) is 0. The molecule has 2 aromatic rings. The lowest BCUT2D eigenvalue weighted by molar-refractivity contribution is -0.134. The number of carbonyl (C=O) groups is 2. The van der Waals surface area contributed by atoms with Gasteiger partial charge >= 0.3 is 11.9 Å². The quantitative estimate of drug-likeness (QED) is 0.500. The average molecular weight is 376 g/mol. The van der Waals surface area contributed by atoms with Gasteiger partial charge in [0, 0.05) is 35.8 Å². The standard InChI is InChI=1S/C16H24N2O.C4H4O4/c1-3-9-18(10-4-2)11-8-13-12-17-14-6-5-7-15(19)16(13)14;5-3(6)1-2-4(7)8/h5-7,12,17,19H,3-4,8-11H2,1-2H3;1-2H,(H,5,6)(H,7,8)/b;2-1+. The Hall–Kier alpha value is -2.80. The lowest BCUT2D eigenvalue weighted by Gasteiger charge is -2.20. The molecule has 7 nitrogen and oxygen atoms in total. The van der Waals surface area contributed by atoms with Crippen LogP contribution in [0.1, 0.15) is 32.3 Å². The number of benzene rings is 1. The summed E-state index contributed by atoms with van der Waals surface area (Å²) in [5.74, 6) is -2.13. The molecular weight excluding hydrogens is 348 g/mol. The molecule has 0 fully saturated rings. The number of aromatic hydroxyl groups is 1. The molecule has 1 aromatic heterocycles. The first-order chi connectivity index (χ1) is 12.9. The summed E-state index contributed by atoms with van der Waals surface area (Å²) in [5, 5.41) is 26.6. The van der Waals surface area contributed by atoms with E-state index in [2.05, 4.69) is 23.7 Å². The minimum Gasteiger partial charge on any atom is -0.507 e. The van der Waals surface area contributed by atoms with E-state index >= 15 is 0 Å². The van der Waals surface area contributed by atoms with E-state index in [0.29, 0.717) is 17.9 Å². The fraction of sp³-hybridized carbons (Fsp3) is 0.400. The molecule has 7 heteroatoms. The molecule has 0 amide bonds. The molecule has 0 atom stereocenters. The third-order valence-electron chi connectivity index (χ3n) is 3.91. The van der Waals surface area contributed by atoms with Crippen molar-refractivity contribution in [3.8, 4) is 5.75 Å². The van der Waals surface area contributed by atoms with Crippen LogP contribution >= 0.6 is 0 Å². The largest absolute Gasteiger partial charge is 0.507 e. The second kappa shape index (κ2) is 11.7. The Bertz CT molecular complexity index is 745. The van der Waals surface area contributed by atoms with Crippen molar-refractivity contribution in [1.82, 2.24) is 9.88 Å². The molecule has 4 N–H and O–H groups in total. The molecule has 148 valence electrons. The van der Waals surface area contributed by atoms with Gasteiger partial charge in [-0.25, -0.2) is 9.59 Å². The van der Waals surface area contributed by atoms with E-state index in [-0.39, 0.29) is 0 Å². The summed E-state index contributed by atoms with van der Waals surface area (Å²) in [4.78, 5) is 24.8. The van der Waals surface area contributed by atoms with Gasteiger partial charge < -0.3 is 25.2 Å². The van der Waals surface area contributed by atoms with Crippen molar-refractivity contribution < 1.29 is 24.9 Å². The Labute approximate surface area is 158 Å². The fourth-order valence-electron chi connectivity index (χ4n) is 2.82. The van der Waals surface area contributed by atoms with E-state index in [4.69, 9.17) is 10.2 Å². The highest BCUT2D eigenvalue weighted by Gasteiger charge is 2.09.